The van der Waals surface area contributed by atoms with Crippen LogP contribution in [-0.2, 0) is 6.42 Å². The molecule has 74 valence electrons. The van der Waals surface area contributed by atoms with Crippen molar-refractivity contribution in [2.75, 3.05) is 0 Å². The zero-order valence-electron chi connectivity index (χ0n) is 8.39. The van der Waals surface area contributed by atoms with Gasteiger partial charge in [-0.3, -0.25) is 0 Å². The highest BCUT2D eigenvalue weighted by Gasteiger charge is 2.04. The van der Waals surface area contributed by atoms with Gasteiger partial charge in [-0.05, 0) is 31.0 Å². The highest BCUT2D eigenvalue weighted by Crippen LogP contribution is 2.22. The van der Waals surface area contributed by atoms with Crippen molar-refractivity contribution in [3.63, 3.8) is 0 Å². The summed E-state index contributed by atoms with van der Waals surface area (Å²) < 4.78 is 1.12. The van der Waals surface area contributed by atoms with Gasteiger partial charge in [0.1, 0.15) is 5.82 Å². The number of imidazole rings is 1. The summed E-state index contributed by atoms with van der Waals surface area (Å²) in [5, 5.41) is 0. The Morgan fingerprint density at radius 3 is 2.93 bits per heavy atom. The molecule has 1 N–H and O–H groups in total. The molecule has 0 atom stereocenters. The molecule has 1 heterocycles. The minimum Gasteiger partial charge on any atom is -0.342 e. The summed E-state index contributed by atoms with van der Waals surface area (Å²) in [5.74, 6) is 1.08. The van der Waals surface area contributed by atoms with E-state index in [1.54, 1.807) is 0 Å². The van der Waals surface area contributed by atoms with Gasteiger partial charge in [0.15, 0.2) is 0 Å². The molecule has 0 unspecified atom stereocenters. The lowest BCUT2D eigenvalue weighted by Crippen LogP contribution is -1.83. The fourth-order valence-electron chi connectivity index (χ4n) is 1.55. The Balaban J connectivity index is 2.54. The standard InChI is InChI=1S/C11H13BrN2/c1-3-4-11-13-9-5-7(2)8(12)6-10(9)14-11/h5-6H,3-4H2,1-2H3,(H,13,14). The molecule has 0 spiro atoms. The van der Waals surface area contributed by atoms with Crippen molar-refractivity contribution >= 4 is 27.0 Å². The Bertz CT molecular complexity index is 421. The molecular weight excluding hydrogens is 240 g/mol. The molecule has 0 fully saturated rings. The molecule has 1 aromatic heterocycles. The number of aromatic nitrogens is 2. The molecule has 0 aliphatic carbocycles. The molecule has 2 aromatic rings. The van der Waals surface area contributed by atoms with Crippen LogP contribution in [0.5, 0.6) is 0 Å². The quantitative estimate of drug-likeness (QED) is 0.870. The normalized spacial score (nSPS) is 11.1. The van der Waals surface area contributed by atoms with Crippen LogP contribution in [0.3, 0.4) is 0 Å². The average molecular weight is 253 g/mol. The number of aromatic amines is 1. The van der Waals surface area contributed by atoms with E-state index in [0.717, 1.165) is 34.2 Å². The Hall–Kier alpha value is -0.830. The van der Waals surface area contributed by atoms with Crippen molar-refractivity contribution in [1.29, 1.82) is 0 Å². The van der Waals surface area contributed by atoms with E-state index in [1.807, 2.05) is 0 Å². The van der Waals surface area contributed by atoms with E-state index in [4.69, 9.17) is 0 Å². The van der Waals surface area contributed by atoms with Gasteiger partial charge in [0.2, 0.25) is 0 Å². The summed E-state index contributed by atoms with van der Waals surface area (Å²) in [7, 11) is 0. The summed E-state index contributed by atoms with van der Waals surface area (Å²) in [4.78, 5) is 7.85. The monoisotopic (exact) mass is 252 g/mol. The number of H-pyrrole nitrogens is 1. The molecule has 0 saturated heterocycles. The number of fused-ring (bicyclic) bond motifs is 1. The molecule has 0 bridgehead atoms. The van der Waals surface area contributed by atoms with E-state index in [-0.39, 0.29) is 0 Å². The lowest BCUT2D eigenvalue weighted by atomic mass is 10.2. The second-order valence-electron chi connectivity index (χ2n) is 3.55. The second kappa shape index (κ2) is 3.73. The molecule has 2 nitrogen and oxygen atoms in total. The third-order valence-corrected chi connectivity index (χ3v) is 3.15. The van der Waals surface area contributed by atoms with Crippen LogP contribution in [0.15, 0.2) is 16.6 Å². The van der Waals surface area contributed by atoms with Crippen LogP contribution in [-0.4, -0.2) is 9.97 Å². The summed E-state index contributed by atoms with van der Waals surface area (Å²) >= 11 is 3.51. The second-order valence-corrected chi connectivity index (χ2v) is 4.41. The number of nitrogens with zero attached hydrogens (tertiary/aromatic N) is 1. The van der Waals surface area contributed by atoms with Crippen molar-refractivity contribution in [3.05, 3.63) is 28.0 Å². The third-order valence-electron chi connectivity index (χ3n) is 2.30. The summed E-state index contributed by atoms with van der Waals surface area (Å²) in [5.41, 5.74) is 3.42. The van der Waals surface area contributed by atoms with Crippen LogP contribution in [0.1, 0.15) is 24.7 Å². The maximum atomic E-state index is 4.52. The van der Waals surface area contributed by atoms with Crippen molar-refractivity contribution in [2.45, 2.75) is 26.7 Å². The first-order chi connectivity index (χ1) is 6.70. The molecule has 0 radical (unpaired) electrons. The Morgan fingerprint density at radius 2 is 2.21 bits per heavy atom. The van der Waals surface area contributed by atoms with Gasteiger partial charge in [0, 0.05) is 10.9 Å². The van der Waals surface area contributed by atoms with E-state index in [9.17, 15) is 0 Å². The van der Waals surface area contributed by atoms with E-state index < -0.39 is 0 Å². The highest BCUT2D eigenvalue weighted by molar-refractivity contribution is 9.10. The van der Waals surface area contributed by atoms with Gasteiger partial charge < -0.3 is 4.98 Å². The first-order valence-electron chi connectivity index (χ1n) is 4.85. The van der Waals surface area contributed by atoms with Gasteiger partial charge in [0.05, 0.1) is 11.0 Å². The van der Waals surface area contributed by atoms with E-state index in [2.05, 4.69) is 51.9 Å². The first kappa shape index (κ1) is 9.71. The number of halogens is 1. The van der Waals surface area contributed by atoms with Gasteiger partial charge in [-0.25, -0.2) is 4.98 Å². The van der Waals surface area contributed by atoms with Crippen molar-refractivity contribution < 1.29 is 0 Å². The largest absolute Gasteiger partial charge is 0.342 e. The van der Waals surface area contributed by atoms with Crippen molar-refractivity contribution in [2.24, 2.45) is 0 Å². The number of rotatable bonds is 2. The molecule has 2 rings (SSSR count). The van der Waals surface area contributed by atoms with Crippen LogP contribution in [0.4, 0.5) is 0 Å². The molecule has 14 heavy (non-hydrogen) atoms. The van der Waals surface area contributed by atoms with Crippen LogP contribution in [0.2, 0.25) is 0 Å². The van der Waals surface area contributed by atoms with Gasteiger partial charge >= 0.3 is 0 Å². The SMILES string of the molecule is CCCc1nc2cc(Br)c(C)cc2[nH]1. The number of hydrogen-bond donors (Lipinski definition) is 1. The van der Waals surface area contributed by atoms with Crippen LogP contribution >= 0.6 is 15.9 Å². The van der Waals surface area contributed by atoms with Crippen LogP contribution < -0.4 is 0 Å². The van der Waals surface area contributed by atoms with Crippen molar-refractivity contribution in [1.82, 2.24) is 9.97 Å². The van der Waals surface area contributed by atoms with E-state index >= 15 is 0 Å². The Labute approximate surface area is 91.9 Å². The maximum absolute atomic E-state index is 4.52. The Morgan fingerprint density at radius 1 is 1.43 bits per heavy atom. The van der Waals surface area contributed by atoms with Gasteiger partial charge in [-0.15, -0.1) is 0 Å². The molecule has 0 aliphatic heterocycles. The van der Waals surface area contributed by atoms with Gasteiger partial charge in [0.25, 0.3) is 0 Å². The molecule has 1 aromatic carbocycles. The fraction of sp³-hybridized carbons (Fsp3) is 0.364. The smallest absolute Gasteiger partial charge is 0.107 e. The number of hydrogen-bond acceptors (Lipinski definition) is 1. The highest BCUT2D eigenvalue weighted by atomic mass is 79.9. The predicted octanol–water partition coefficient (Wildman–Crippen LogP) is 3.59. The summed E-state index contributed by atoms with van der Waals surface area (Å²) in [6.07, 6.45) is 2.14. The van der Waals surface area contributed by atoms with Crippen molar-refractivity contribution in [3.8, 4) is 0 Å². The lowest BCUT2D eigenvalue weighted by molar-refractivity contribution is 0.861. The topological polar surface area (TPSA) is 28.7 Å². The van der Waals surface area contributed by atoms with Gasteiger partial charge in [-0.1, -0.05) is 22.9 Å². The maximum Gasteiger partial charge on any atom is 0.107 e. The van der Waals surface area contributed by atoms with Gasteiger partial charge in [-0.2, -0.15) is 0 Å². The number of benzene rings is 1. The van der Waals surface area contributed by atoms with Crippen LogP contribution in [0, 0.1) is 6.92 Å². The molecule has 3 heteroatoms. The Kier molecular flexibility index (Phi) is 2.59. The van der Waals surface area contributed by atoms with E-state index in [1.165, 1.54) is 5.56 Å². The molecule has 0 amide bonds. The molecule has 0 aliphatic rings. The number of aryl methyl sites for hydroxylation is 2. The van der Waals surface area contributed by atoms with E-state index in [0.29, 0.717) is 0 Å². The third kappa shape index (κ3) is 1.69. The zero-order valence-corrected chi connectivity index (χ0v) is 9.98. The predicted molar refractivity (Wildman–Crippen MR) is 62.5 cm³/mol. The summed E-state index contributed by atoms with van der Waals surface area (Å²) in [6.45, 7) is 4.25. The summed E-state index contributed by atoms with van der Waals surface area (Å²) in [6, 6.07) is 4.20. The minimum atomic E-state index is 1.02. The van der Waals surface area contributed by atoms with Crippen LogP contribution in [0.25, 0.3) is 11.0 Å². The zero-order chi connectivity index (χ0) is 10.1. The lowest BCUT2D eigenvalue weighted by Gasteiger charge is -1.95. The number of nitrogens with one attached hydrogen (secondary N) is 1. The fourth-order valence-corrected chi connectivity index (χ4v) is 1.88. The molecular formula is C11H13BrN2. The minimum absolute atomic E-state index is 1.02. The molecule has 0 saturated carbocycles. The first-order valence-corrected chi connectivity index (χ1v) is 5.64. The average Bonchev–Trinajstić information content (AvgIpc) is 2.48.